The van der Waals surface area contributed by atoms with Gasteiger partial charge in [0, 0.05) is 11.3 Å². The number of anilines is 1. The molecule has 9 nitrogen and oxygen atoms in total. The van der Waals surface area contributed by atoms with Crippen LogP contribution in [0.15, 0.2) is 71.9 Å². The van der Waals surface area contributed by atoms with E-state index in [0.717, 1.165) is 16.8 Å². The molecular weight excluding hydrogens is 502 g/mol. The van der Waals surface area contributed by atoms with Gasteiger partial charge in [0.1, 0.15) is 11.5 Å². The molecule has 4 aromatic rings. The molecule has 2 amide bonds. The number of aromatic nitrogens is 3. The maximum Gasteiger partial charge on any atom is 0.251 e. The van der Waals surface area contributed by atoms with Crippen LogP contribution in [0.3, 0.4) is 0 Å². The molecule has 0 spiro atoms. The van der Waals surface area contributed by atoms with Crippen LogP contribution in [-0.4, -0.2) is 46.6 Å². The number of aryl methyl sites for hydroxylation is 2. The number of carbonyl (C=O) groups excluding carboxylic acids is 2. The molecule has 1 heterocycles. The number of rotatable bonds is 10. The Kier molecular flexibility index (Phi) is 8.65. The predicted octanol–water partition coefficient (Wildman–Crippen LogP) is 4.56. The zero-order valence-corrected chi connectivity index (χ0v) is 22.5. The normalized spacial score (nSPS) is 10.6. The summed E-state index contributed by atoms with van der Waals surface area (Å²) in [5.41, 5.74) is 4.09. The van der Waals surface area contributed by atoms with Gasteiger partial charge in [-0.05, 0) is 61.9 Å². The van der Waals surface area contributed by atoms with Gasteiger partial charge in [-0.2, -0.15) is 0 Å². The van der Waals surface area contributed by atoms with Crippen molar-refractivity contribution in [1.29, 1.82) is 0 Å². The molecule has 0 saturated carbocycles. The highest BCUT2D eigenvalue weighted by Crippen LogP contribution is 2.29. The second-order valence-electron chi connectivity index (χ2n) is 8.47. The summed E-state index contributed by atoms with van der Waals surface area (Å²) in [5, 5.41) is 15.0. The molecule has 2 N–H and O–H groups in total. The van der Waals surface area contributed by atoms with Gasteiger partial charge in [-0.3, -0.25) is 14.2 Å². The van der Waals surface area contributed by atoms with Crippen LogP contribution in [0.5, 0.6) is 11.5 Å². The Morgan fingerprint density at radius 2 is 1.71 bits per heavy atom. The van der Waals surface area contributed by atoms with E-state index in [9.17, 15) is 9.59 Å². The van der Waals surface area contributed by atoms with E-state index in [-0.39, 0.29) is 24.1 Å². The van der Waals surface area contributed by atoms with Gasteiger partial charge in [0.25, 0.3) is 5.91 Å². The highest BCUT2D eigenvalue weighted by atomic mass is 32.2. The quantitative estimate of drug-likeness (QED) is 0.289. The molecule has 0 unspecified atom stereocenters. The first-order chi connectivity index (χ1) is 18.4. The lowest BCUT2D eigenvalue weighted by atomic mass is 10.1. The molecule has 196 valence electrons. The van der Waals surface area contributed by atoms with E-state index in [1.165, 1.54) is 11.8 Å². The monoisotopic (exact) mass is 531 g/mol. The average Bonchev–Trinajstić information content (AvgIpc) is 3.34. The lowest BCUT2D eigenvalue weighted by Gasteiger charge is -2.14. The number of hydrogen-bond acceptors (Lipinski definition) is 7. The smallest absolute Gasteiger partial charge is 0.251 e. The van der Waals surface area contributed by atoms with Crippen LogP contribution in [0, 0.1) is 13.8 Å². The Bertz CT molecular complexity index is 1440. The van der Waals surface area contributed by atoms with Crippen molar-refractivity contribution in [2.75, 3.05) is 25.3 Å². The number of carbonyl (C=O) groups is 2. The van der Waals surface area contributed by atoms with Gasteiger partial charge < -0.3 is 20.1 Å². The van der Waals surface area contributed by atoms with Gasteiger partial charge in [0.2, 0.25) is 5.91 Å². The summed E-state index contributed by atoms with van der Waals surface area (Å²) in [6.07, 6.45) is 0. The molecular formula is C28H29N5O4S. The van der Waals surface area contributed by atoms with Crippen molar-refractivity contribution in [1.82, 2.24) is 20.1 Å². The van der Waals surface area contributed by atoms with E-state index in [2.05, 4.69) is 20.8 Å². The molecule has 10 heteroatoms. The summed E-state index contributed by atoms with van der Waals surface area (Å²) in [7, 11) is 3.15. The minimum atomic E-state index is -0.260. The second kappa shape index (κ2) is 12.3. The molecule has 0 aliphatic carbocycles. The third-order valence-corrected chi connectivity index (χ3v) is 6.70. The maximum atomic E-state index is 12.7. The predicted molar refractivity (Wildman–Crippen MR) is 147 cm³/mol. The minimum Gasteiger partial charge on any atom is -0.497 e. The standard InChI is InChI=1S/C28H29N5O4S/c1-18-9-14-22(19(2)15-18)30-26(34)17-38-28-32-31-25(33(28)23-7-5-6-8-24(23)37-4)16-29-27(35)20-10-12-21(36-3)13-11-20/h5-15H,16-17H2,1-4H3,(H,29,35)(H,30,34). The number of ether oxygens (including phenoxy) is 2. The number of nitrogens with zero attached hydrogens (tertiary/aromatic N) is 3. The van der Waals surface area contributed by atoms with E-state index in [1.54, 1.807) is 43.1 Å². The molecule has 1 aromatic heterocycles. The largest absolute Gasteiger partial charge is 0.497 e. The van der Waals surface area contributed by atoms with Crippen molar-refractivity contribution in [3.8, 4) is 17.2 Å². The van der Waals surface area contributed by atoms with E-state index in [4.69, 9.17) is 9.47 Å². The van der Waals surface area contributed by atoms with Crippen LogP contribution in [-0.2, 0) is 11.3 Å². The van der Waals surface area contributed by atoms with Gasteiger partial charge in [-0.1, -0.05) is 41.6 Å². The first-order valence-electron chi connectivity index (χ1n) is 11.9. The fourth-order valence-electron chi connectivity index (χ4n) is 3.84. The van der Waals surface area contributed by atoms with Crippen LogP contribution >= 0.6 is 11.8 Å². The topological polar surface area (TPSA) is 107 Å². The van der Waals surface area contributed by atoms with Gasteiger partial charge in [-0.25, -0.2) is 0 Å². The van der Waals surface area contributed by atoms with Gasteiger partial charge >= 0.3 is 0 Å². The molecule has 0 atom stereocenters. The zero-order chi connectivity index (χ0) is 27.1. The molecule has 3 aromatic carbocycles. The number of para-hydroxylation sites is 2. The molecule has 0 saturated heterocycles. The SMILES string of the molecule is COc1ccc(C(=O)NCc2nnc(SCC(=O)Nc3ccc(C)cc3C)n2-c2ccccc2OC)cc1. The van der Waals surface area contributed by atoms with E-state index >= 15 is 0 Å². The lowest BCUT2D eigenvalue weighted by molar-refractivity contribution is -0.113. The summed E-state index contributed by atoms with van der Waals surface area (Å²) in [6.45, 7) is 4.09. The number of benzene rings is 3. The summed E-state index contributed by atoms with van der Waals surface area (Å²) < 4.78 is 12.5. The van der Waals surface area contributed by atoms with Crippen LogP contribution in [0.25, 0.3) is 5.69 Å². The molecule has 0 bridgehead atoms. The summed E-state index contributed by atoms with van der Waals surface area (Å²) in [4.78, 5) is 25.5. The molecule has 0 fully saturated rings. The van der Waals surface area contributed by atoms with Crippen molar-refractivity contribution in [3.05, 3.63) is 89.2 Å². The molecule has 4 rings (SSSR count). The van der Waals surface area contributed by atoms with Gasteiger partial charge in [0.05, 0.1) is 32.2 Å². The lowest BCUT2D eigenvalue weighted by Crippen LogP contribution is -2.24. The van der Waals surface area contributed by atoms with Crippen LogP contribution in [0.2, 0.25) is 0 Å². The Balaban J connectivity index is 1.53. The van der Waals surface area contributed by atoms with E-state index in [0.29, 0.717) is 33.7 Å². The number of hydrogen-bond donors (Lipinski definition) is 2. The fourth-order valence-corrected chi connectivity index (χ4v) is 4.60. The summed E-state index contributed by atoms with van der Waals surface area (Å²) in [5.74, 6) is 1.47. The third-order valence-electron chi connectivity index (χ3n) is 5.77. The number of thioether (sulfide) groups is 1. The van der Waals surface area contributed by atoms with Crippen molar-refractivity contribution >= 4 is 29.3 Å². The number of nitrogens with one attached hydrogen (secondary N) is 2. The molecule has 0 aliphatic heterocycles. The molecule has 38 heavy (non-hydrogen) atoms. The average molecular weight is 532 g/mol. The van der Waals surface area contributed by atoms with Crippen LogP contribution in [0.4, 0.5) is 5.69 Å². The highest BCUT2D eigenvalue weighted by molar-refractivity contribution is 7.99. The fraction of sp³-hybridized carbons (Fsp3) is 0.214. The second-order valence-corrected chi connectivity index (χ2v) is 9.41. The van der Waals surface area contributed by atoms with Crippen molar-refractivity contribution < 1.29 is 19.1 Å². The zero-order valence-electron chi connectivity index (χ0n) is 21.6. The van der Waals surface area contributed by atoms with Crippen molar-refractivity contribution in [2.24, 2.45) is 0 Å². The Morgan fingerprint density at radius 3 is 2.42 bits per heavy atom. The first-order valence-corrected chi connectivity index (χ1v) is 12.9. The minimum absolute atomic E-state index is 0.116. The van der Waals surface area contributed by atoms with Gasteiger partial charge in [-0.15, -0.1) is 10.2 Å². The van der Waals surface area contributed by atoms with Crippen LogP contribution < -0.4 is 20.1 Å². The number of amides is 2. The third kappa shape index (κ3) is 6.33. The molecule has 0 aliphatic rings. The summed E-state index contributed by atoms with van der Waals surface area (Å²) >= 11 is 1.25. The Morgan fingerprint density at radius 1 is 0.947 bits per heavy atom. The highest BCUT2D eigenvalue weighted by Gasteiger charge is 2.19. The van der Waals surface area contributed by atoms with E-state index < -0.39 is 0 Å². The van der Waals surface area contributed by atoms with Crippen molar-refractivity contribution in [2.45, 2.75) is 25.5 Å². The van der Waals surface area contributed by atoms with Gasteiger partial charge in [0.15, 0.2) is 11.0 Å². The van der Waals surface area contributed by atoms with Crippen molar-refractivity contribution in [3.63, 3.8) is 0 Å². The maximum absolute atomic E-state index is 12.7. The van der Waals surface area contributed by atoms with Crippen LogP contribution in [0.1, 0.15) is 27.3 Å². The first kappa shape index (κ1) is 26.7. The Hall–Kier alpha value is -4.31. The Labute approximate surface area is 225 Å². The number of methoxy groups -OCH3 is 2. The summed E-state index contributed by atoms with van der Waals surface area (Å²) in [6, 6.07) is 20.1. The molecule has 0 radical (unpaired) electrons. The van der Waals surface area contributed by atoms with E-state index in [1.807, 2.05) is 56.3 Å².